The van der Waals surface area contributed by atoms with Crippen molar-refractivity contribution in [2.24, 2.45) is 0 Å². The third kappa shape index (κ3) is 3.80. The number of esters is 1. The topological polar surface area (TPSA) is 85.9 Å². The van der Waals surface area contributed by atoms with Gasteiger partial charge in [-0.05, 0) is 30.3 Å². The first kappa shape index (κ1) is 18.5. The summed E-state index contributed by atoms with van der Waals surface area (Å²) in [5.74, 6) is 0.525. The second-order valence-electron chi connectivity index (χ2n) is 5.45. The van der Waals surface area contributed by atoms with E-state index in [0.29, 0.717) is 27.8 Å². The third-order valence-electron chi connectivity index (χ3n) is 3.83. The molecule has 0 saturated heterocycles. The molecule has 3 aromatic rings. The molecule has 0 fully saturated rings. The number of ether oxygens (including phenoxy) is 3. The number of hydrogen-bond donors (Lipinski definition) is 2. The largest absolute Gasteiger partial charge is 0.495 e. The van der Waals surface area contributed by atoms with Gasteiger partial charge in [-0.1, -0.05) is 12.1 Å². The van der Waals surface area contributed by atoms with Crippen LogP contribution in [0.5, 0.6) is 11.5 Å². The first-order valence-corrected chi connectivity index (χ1v) is 8.79. The zero-order valence-electron chi connectivity index (χ0n) is 15.0. The second-order valence-corrected chi connectivity index (χ2v) is 6.50. The molecule has 27 heavy (non-hydrogen) atoms. The van der Waals surface area contributed by atoms with E-state index >= 15 is 0 Å². The highest BCUT2D eigenvalue weighted by Gasteiger charge is 2.20. The molecule has 0 bridgehead atoms. The van der Waals surface area contributed by atoms with Gasteiger partial charge in [0.1, 0.15) is 5.75 Å². The maximum Gasteiger partial charge on any atom is 0.351 e. The molecule has 0 saturated carbocycles. The van der Waals surface area contributed by atoms with Gasteiger partial charge in [0.2, 0.25) is 0 Å². The molecule has 0 aliphatic heterocycles. The molecule has 0 aliphatic rings. The summed E-state index contributed by atoms with van der Waals surface area (Å²) in [6.07, 6.45) is 0. The van der Waals surface area contributed by atoms with Crippen molar-refractivity contribution >= 4 is 44.8 Å². The van der Waals surface area contributed by atoms with Crippen LogP contribution >= 0.6 is 11.3 Å². The van der Waals surface area contributed by atoms with Crippen LogP contribution in [0.2, 0.25) is 0 Å². The van der Waals surface area contributed by atoms with Crippen LogP contribution in [0.15, 0.2) is 42.5 Å². The van der Waals surface area contributed by atoms with Gasteiger partial charge in [0.15, 0.2) is 10.6 Å². The fourth-order valence-electron chi connectivity index (χ4n) is 2.62. The number of methoxy groups -OCH3 is 3. The summed E-state index contributed by atoms with van der Waals surface area (Å²) in [5, 5.41) is 6.23. The average molecular weight is 386 g/mol. The number of carbonyl (C=O) groups excluding carboxylic acids is 2. The van der Waals surface area contributed by atoms with Gasteiger partial charge >= 0.3 is 12.0 Å². The number of nitrogens with one attached hydrogen (secondary N) is 2. The van der Waals surface area contributed by atoms with Crippen LogP contribution in [0.25, 0.3) is 10.1 Å². The van der Waals surface area contributed by atoms with Crippen LogP contribution in [-0.2, 0) is 4.74 Å². The highest BCUT2D eigenvalue weighted by atomic mass is 32.1. The summed E-state index contributed by atoms with van der Waals surface area (Å²) >= 11 is 1.27. The molecule has 2 aromatic carbocycles. The Labute approximate surface area is 159 Å². The lowest BCUT2D eigenvalue weighted by atomic mass is 10.2. The number of rotatable bonds is 5. The lowest BCUT2D eigenvalue weighted by Crippen LogP contribution is -2.19. The van der Waals surface area contributed by atoms with E-state index < -0.39 is 12.0 Å². The standard InChI is InChI=1S/C19H18N2O5S/c1-24-14-7-5-4-6-13(14)21-19(23)20-11-8-9-15-12(10-11)16(25-2)17(27-15)18(22)26-3/h4-10H,1-3H3,(H2,20,21,23). The van der Waals surface area contributed by atoms with Gasteiger partial charge in [0.25, 0.3) is 0 Å². The Hall–Kier alpha value is -3.26. The highest BCUT2D eigenvalue weighted by Crippen LogP contribution is 2.39. The zero-order chi connectivity index (χ0) is 19.4. The van der Waals surface area contributed by atoms with Gasteiger partial charge in [-0.3, -0.25) is 0 Å². The van der Waals surface area contributed by atoms with Gasteiger partial charge < -0.3 is 24.8 Å². The number of anilines is 2. The van der Waals surface area contributed by atoms with Gasteiger partial charge in [-0.2, -0.15) is 0 Å². The minimum atomic E-state index is -0.462. The van der Waals surface area contributed by atoms with Crippen molar-refractivity contribution in [2.45, 2.75) is 0 Å². The van der Waals surface area contributed by atoms with Gasteiger partial charge in [0.05, 0.1) is 27.0 Å². The van der Waals surface area contributed by atoms with E-state index in [0.717, 1.165) is 10.1 Å². The molecule has 1 heterocycles. The number of amides is 2. The Bertz CT molecular complexity index is 999. The van der Waals surface area contributed by atoms with Crippen LogP contribution in [0, 0.1) is 0 Å². The fraction of sp³-hybridized carbons (Fsp3) is 0.158. The molecule has 3 rings (SSSR count). The summed E-state index contributed by atoms with van der Waals surface area (Å²) in [6, 6.07) is 12.0. The van der Waals surface area contributed by atoms with Gasteiger partial charge in [-0.25, -0.2) is 9.59 Å². The van der Waals surface area contributed by atoms with Crippen molar-refractivity contribution < 1.29 is 23.8 Å². The van der Waals surface area contributed by atoms with E-state index in [1.165, 1.54) is 32.7 Å². The molecule has 7 nitrogen and oxygen atoms in total. The van der Waals surface area contributed by atoms with Crippen LogP contribution in [0.1, 0.15) is 9.67 Å². The number of hydrogen-bond acceptors (Lipinski definition) is 6. The quantitative estimate of drug-likeness (QED) is 0.637. The number of para-hydroxylation sites is 2. The summed E-state index contributed by atoms with van der Waals surface area (Å²) in [6.45, 7) is 0. The van der Waals surface area contributed by atoms with Crippen LogP contribution in [-0.4, -0.2) is 33.3 Å². The molecule has 1 aromatic heterocycles. The van der Waals surface area contributed by atoms with Crippen molar-refractivity contribution in [2.75, 3.05) is 32.0 Å². The molecule has 2 N–H and O–H groups in total. The van der Waals surface area contributed by atoms with E-state index in [4.69, 9.17) is 14.2 Å². The van der Waals surface area contributed by atoms with Crippen molar-refractivity contribution in [1.82, 2.24) is 0 Å². The fourth-order valence-corrected chi connectivity index (χ4v) is 3.69. The Morgan fingerprint density at radius 2 is 1.74 bits per heavy atom. The molecular weight excluding hydrogens is 368 g/mol. The second kappa shape index (κ2) is 7.96. The molecule has 0 radical (unpaired) electrons. The monoisotopic (exact) mass is 386 g/mol. The Balaban J connectivity index is 1.84. The maximum absolute atomic E-state index is 12.3. The van der Waals surface area contributed by atoms with E-state index in [2.05, 4.69) is 10.6 Å². The first-order chi connectivity index (χ1) is 13.1. The minimum absolute atomic E-state index is 0.380. The molecule has 2 amide bonds. The van der Waals surface area contributed by atoms with Crippen LogP contribution in [0.4, 0.5) is 16.2 Å². The summed E-state index contributed by atoms with van der Waals surface area (Å²) in [5.41, 5.74) is 1.11. The third-order valence-corrected chi connectivity index (χ3v) is 4.96. The average Bonchev–Trinajstić information content (AvgIpc) is 3.05. The number of urea groups is 1. The van der Waals surface area contributed by atoms with Gasteiger partial charge in [-0.15, -0.1) is 11.3 Å². The Morgan fingerprint density at radius 1 is 0.963 bits per heavy atom. The van der Waals surface area contributed by atoms with E-state index in [1.54, 1.807) is 30.3 Å². The minimum Gasteiger partial charge on any atom is -0.495 e. The van der Waals surface area contributed by atoms with Crippen molar-refractivity contribution in [3.63, 3.8) is 0 Å². The molecule has 0 spiro atoms. The van der Waals surface area contributed by atoms with E-state index in [-0.39, 0.29) is 0 Å². The number of benzene rings is 2. The Morgan fingerprint density at radius 3 is 2.44 bits per heavy atom. The SMILES string of the molecule is COC(=O)c1sc2ccc(NC(=O)Nc3ccccc3OC)cc2c1OC. The first-order valence-electron chi connectivity index (χ1n) is 7.97. The number of thiophene rings is 1. The smallest absolute Gasteiger partial charge is 0.351 e. The highest BCUT2D eigenvalue weighted by molar-refractivity contribution is 7.21. The predicted molar refractivity (Wildman–Crippen MR) is 105 cm³/mol. The Kier molecular flexibility index (Phi) is 5.46. The number of carbonyl (C=O) groups is 2. The summed E-state index contributed by atoms with van der Waals surface area (Å²) in [7, 11) is 4.35. The molecular formula is C19H18N2O5S. The predicted octanol–water partition coefficient (Wildman–Crippen LogP) is 4.35. The summed E-state index contributed by atoms with van der Waals surface area (Å²) in [4.78, 5) is 24.6. The number of fused-ring (bicyclic) bond motifs is 1. The molecule has 140 valence electrons. The summed E-state index contributed by atoms with van der Waals surface area (Å²) < 4.78 is 16.2. The molecule has 8 heteroatoms. The normalized spacial score (nSPS) is 10.3. The maximum atomic E-state index is 12.3. The molecule has 0 aliphatic carbocycles. The van der Waals surface area contributed by atoms with Crippen molar-refractivity contribution in [3.8, 4) is 11.5 Å². The van der Waals surface area contributed by atoms with E-state index in [9.17, 15) is 9.59 Å². The lowest BCUT2D eigenvalue weighted by molar-refractivity contribution is 0.0603. The molecule has 0 atom stereocenters. The van der Waals surface area contributed by atoms with Crippen LogP contribution in [0.3, 0.4) is 0 Å². The van der Waals surface area contributed by atoms with Gasteiger partial charge in [0, 0.05) is 15.8 Å². The molecule has 0 unspecified atom stereocenters. The lowest BCUT2D eigenvalue weighted by Gasteiger charge is -2.11. The van der Waals surface area contributed by atoms with E-state index in [1.807, 2.05) is 12.1 Å². The van der Waals surface area contributed by atoms with Crippen molar-refractivity contribution in [3.05, 3.63) is 47.3 Å². The zero-order valence-corrected chi connectivity index (χ0v) is 15.8. The van der Waals surface area contributed by atoms with Crippen LogP contribution < -0.4 is 20.1 Å². The van der Waals surface area contributed by atoms with Crippen molar-refractivity contribution in [1.29, 1.82) is 0 Å².